The molecule has 0 aliphatic heterocycles. The van der Waals surface area contributed by atoms with E-state index in [1.54, 1.807) is 0 Å². The van der Waals surface area contributed by atoms with Crippen molar-refractivity contribution in [3.05, 3.63) is 42.5 Å². The fourth-order valence-corrected chi connectivity index (χ4v) is 1.70. The zero-order valence-corrected chi connectivity index (χ0v) is 11.4. The van der Waals surface area contributed by atoms with Crippen molar-refractivity contribution >= 4 is 17.5 Å². The lowest BCUT2D eigenvalue weighted by atomic mass is 10.1. The SMILES string of the molecule is C=CCNC(=O)CN(C(C)=O)c1ccccc1C(F)(F)F. The first-order valence-corrected chi connectivity index (χ1v) is 6.09. The number of nitrogens with one attached hydrogen (secondary N) is 1. The summed E-state index contributed by atoms with van der Waals surface area (Å²) in [5.41, 5.74) is -1.30. The van der Waals surface area contributed by atoms with Gasteiger partial charge in [-0.1, -0.05) is 18.2 Å². The van der Waals surface area contributed by atoms with E-state index in [1.165, 1.54) is 18.2 Å². The van der Waals surface area contributed by atoms with Gasteiger partial charge in [0.2, 0.25) is 11.8 Å². The van der Waals surface area contributed by atoms with E-state index in [0.29, 0.717) is 0 Å². The predicted octanol–water partition coefficient (Wildman–Crippen LogP) is 2.36. The molecule has 0 aliphatic rings. The lowest BCUT2D eigenvalue weighted by Crippen LogP contribution is -2.40. The smallest absolute Gasteiger partial charge is 0.351 e. The molecule has 21 heavy (non-hydrogen) atoms. The zero-order chi connectivity index (χ0) is 16.0. The van der Waals surface area contributed by atoms with Crippen molar-refractivity contribution in [2.75, 3.05) is 18.0 Å². The average molecular weight is 300 g/mol. The number of benzene rings is 1. The molecule has 0 aliphatic carbocycles. The van der Waals surface area contributed by atoms with E-state index in [0.717, 1.165) is 24.0 Å². The summed E-state index contributed by atoms with van der Waals surface area (Å²) in [6, 6.07) is 4.63. The van der Waals surface area contributed by atoms with Crippen LogP contribution in [0, 0.1) is 0 Å². The minimum absolute atomic E-state index is 0.172. The van der Waals surface area contributed by atoms with Gasteiger partial charge < -0.3 is 10.2 Å². The Morgan fingerprint density at radius 2 is 1.95 bits per heavy atom. The third kappa shape index (κ3) is 4.62. The molecule has 0 radical (unpaired) electrons. The topological polar surface area (TPSA) is 49.4 Å². The van der Waals surface area contributed by atoms with E-state index in [4.69, 9.17) is 0 Å². The second-order valence-electron chi connectivity index (χ2n) is 4.21. The number of hydrogen-bond acceptors (Lipinski definition) is 2. The Morgan fingerprint density at radius 1 is 1.33 bits per heavy atom. The van der Waals surface area contributed by atoms with Gasteiger partial charge in [0.15, 0.2) is 0 Å². The number of amides is 2. The highest BCUT2D eigenvalue weighted by Crippen LogP contribution is 2.36. The fraction of sp³-hybridized carbons (Fsp3) is 0.286. The molecular weight excluding hydrogens is 285 g/mol. The van der Waals surface area contributed by atoms with Gasteiger partial charge in [-0.2, -0.15) is 13.2 Å². The van der Waals surface area contributed by atoms with E-state index < -0.39 is 30.1 Å². The summed E-state index contributed by atoms with van der Waals surface area (Å²) in [6.45, 7) is 4.19. The van der Waals surface area contributed by atoms with Crippen molar-refractivity contribution in [2.45, 2.75) is 13.1 Å². The summed E-state index contributed by atoms with van der Waals surface area (Å²) in [7, 11) is 0. The first-order valence-electron chi connectivity index (χ1n) is 6.09. The predicted molar refractivity (Wildman–Crippen MR) is 72.7 cm³/mol. The van der Waals surface area contributed by atoms with Gasteiger partial charge in [-0.3, -0.25) is 9.59 Å². The maximum atomic E-state index is 13.0. The molecule has 0 bridgehead atoms. The quantitative estimate of drug-likeness (QED) is 0.849. The van der Waals surface area contributed by atoms with Gasteiger partial charge in [-0.25, -0.2) is 0 Å². The van der Waals surface area contributed by atoms with Crippen LogP contribution in [-0.4, -0.2) is 24.9 Å². The lowest BCUT2D eigenvalue weighted by Gasteiger charge is -2.24. The number of carbonyl (C=O) groups excluding carboxylic acids is 2. The molecule has 4 nitrogen and oxygen atoms in total. The molecule has 0 saturated carbocycles. The number of halogens is 3. The van der Waals surface area contributed by atoms with E-state index in [2.05, 4.69) is 11.9 Å². The van der Waals surface area contributed by atoms with Gasteiger partial charge in [0.05, 0.1) is 11.3 Å². The van der Waals surface area contributed by atoms with Gasteiger partial charge in [0.25, 0.3) is 0 Å². The highest BCUT2D eigenvalue weighted by atomic mass is 19.4. The number of nitrogens with zero attached hydrogens (tertiary/aromatic N) is 1. The molecule has 1 aromatic carbocycles. The standard InChI is InChI=1S/C14H15F3N2O2/c1-3-8-18-13(21)9-19(10(2)20)12-7-5-4-6-11(12)14(15,16)17/h3-7H,1,8-9H2,2H3,(H,18,21). The number of rotatable bonds is 5. The molecule has 0 unspecified atom stereocenters. The Labute approximate surface area is 120 Å². The first kappa shape index (κ1) is 16.7. The molecule has 1 aromatic rings. The van der Waals surface area contributed by atoms with E-state index in [-0.39, 0.29) is 12.2 Å². The molecule has 1 N–H and O–H groups in total. The van der Waals surface area contributed by atoms with Crippen molar-refractivity contribution in [3.63, 3.8) is 0 Å². The van der Waals surface area contributed by atoms with Crippen LogP contribution in [0.2, 0.25) is 0 Å². The molecule has 0 fully saturated rings. The monoisotopic (exact) mass is 300 g/mol. The minimum Gasteiger partial charge on any atom is -0.351 e. The Morgan fingerprint density at radius 3 is 2.48 bits per heavy atom. The van der Waals surface area contributed by atoms with Gasteiger partial charge >= 0.3 is 6.18 Å². The van der Waals surface area contributed by atoms with Crippen LogP contribution in [0.4, 0.5) is 18.9 Å². The summed E-state index contributed by atoms with van der Waals surface area (Å²) >= 11 is 0. The van der Waals surface area contributed by atoms with Crippen LogP contribution in [-0.2, 0) is 15.8 Å². The average Bonchev–Trinajstić information content (AvgIpc) is 2.41. The van der Waals surface area contributed by atoms with Crippen LogP contribution in [0.3, 0.4) is 0 Å². The molecule has 0 aromatic heterocycles. The van der Waals surface area contributed by atoms with Gasteiger partial charge in [0, 0.05) is 13.5 Å². The number of para-hydroxylation sites is 1. The summed E-state index contributed by atoms with van der Waals surface area (Å²) in [4.78, 5) is 24.0. The van der Waals surface area contributed by atoms with E-state index >= 15 is 0 Å². The Bertz CT molecular complexity index is 541. The third-order valence-corrected chi connectivity index (χ3v) is 2.63. The van der Waals surface area contributed by atoms with Gasteiger partial charge in [-0.15, -0.1) is 6.58 Å². The van der Waals surface area contributed by atoms with Crippen LogP contribution in [0.25, 0.3) is 0 Å². The third-order valence-electron chi connectivity index (χ3n) is 2.63. The van der Waals surface area contributed by atoms with Crippen LogP contribution < -0.4 is 10.2 Å². The summed E-state index contributed by atoms with van der Waals surface area (Å²) in [6.07, 6.45) is -3.18. The molecule has 2 amide bonds. The van der Waals surface area contributed by atoms with Gasteiger partial charge in [0.1, 0.15) is 6.54 Å². The maximum Gasteiger partial charge on any atom is 0.418 e. The zero-order valence-electron chi connectivity index (χ0n) is 11.4. The molecule has 0 heterocycles. The van der Waals surface area contributed by atoms with Crippen LogP contribution in [0.5, 0.6) is 0 Å². The normalized spacial score (nSPS) is 10.9. The van der Waals surface area contributed by atoms with E-state index in [1.807, 2.05) is 0 Å². The highest BCUT2D eigenvalue weighted by molar-refractivity contribution is 5.98. The maximum absolute atomic E-state index is 13.0. The van der Waals surface area contributed by atoms with Crippen LogP contribution in [0.1, 0.15) is 12.5 Å². The van der Waals surface area contributed by atoms with Gasteiger partial charge in [-0.05, 0) is 12.1 Å². The second kappa shape index (κ2) is 6.92. The van der Waals surface area contributed by atoms with Crippen LogP contribution >= 0.6 is 0 Å². The molecule has 1 rings (SSSR count). The molecule has 0 atom stereocenters. The molecule has 114 valence electrons. The lowest BCUT2D eigenvalue weighted by molar-refractivity contribution is -0.137. The van der Waals surface area contributed by atoms with Crippen molar-refractivity contribution in [3.8, 4) is 0 Å². The summed E-state index contributed by atoms with van der Waals surface area (Å²) in [5.74, 6) is -1.22. The Kier molecular flexibility index (Phi) is 5.52. The molecule has 7 heteroatoms. The molecule has 0 saturated heterocycles. The number of hydrogen-bond donors (Lipinski definition) is 1. The molecular formula is C14H15F3N2O2. The van der Waals surface area contributed by atoms with E-state index in [9.17, 15) is 22.8 Å². The highest BCUT2D eigenvalue weighted by Gasteiger charge is 2.35. The van der Waals surface area contributed by atoms with Crippen molar-refractivity contribution in [2.24, 2.45) is 0 Å². The minimum atomic E-state index is -4.61. The fourth-order valence-electron chi connectivity index (χ4n) is 1.70. The van der Waals surface area contributed by atoms with Crippen LogP contribution in [0.15, 0.2) is 36.9 Å². The van der Waals surface area contributed by atoms with Crippen molar-refractivity contribution in [1.82, 2.24) is 5.32 Å². The largest absolute Gasteiger partial charge is 0.418 e. The summed E-state index contributed by atoms with van der Waals surface area (Å²) < 4.78 is 38.9. The van der Waals surface area contributed by atoms with Crippen molar-refractivity contribution in [1.29, 1.82) is 0 Å². The number of alkyl halides is 3. The number of anilines is 1. The van der Waals surface area contributed by atoms with Crippen molar-refractivity contribution < 1.29 is 22.8 Å². The second-order valence-corrected chi connectivity index (χ2v) is 4.21. The molecule has 0 spiro atoms. The number of carbonyl (C=O) groups is 2. The summed E-state index contributed by atoms with van der Waals surface area (Å²) in [5, 5.41) is 2.41. The first-order chi connectivity index (χ1) is 9.77. The Balaban J connectivity index is 3.10. The Hall–Kier alpha value is -2.31.